The molecular formula is C32H43N5O4S. The molecule has 2 amide bonds. The van der Waals surface area contributed by atoms with Crippen LogP contribution in [0.25, 0.3) is 17.1 Å². The van der Waals surface area contributed by atoms with Crippen molar-refractivity contribution in [3.8, 4) is 28.6 Å². The van der Waals surface area contributed by atoms with E-state index in [9.17, 15) is 9.59 Å². The first kappa shape index (κ1) is 31.4. The van der Waals surface area contributed by atoms with Gasteiger partial charge in [-0.1, -0.05) is 62.9 Å². The Kier molecular flexibility index (Phi) is 11.7. The number of ether oxygens (including phenoxy) is 2. The van der Waals surface area contributed by atoms with E-state index in [1.807, 2.05) is 69.8 Å². The number of thioether (sulfide) groups is 1. The fraction of sp³-hybridized carbons (Fsp3) is 0.500. The second kappa shape index (κ2) is 15.6. The van der Waals surface area contributed by atoms with E-state index in [2.05, 4.69) is 17.1 Å². The summed E-state index contributed by atoms with van der Waals surface area (Å²) in [6, 6.07) is 15.3. The van der Waals surface area contributed by atoms with Crippen LogP contribution in [0.1, 0.15) is 58.8 Å². The summed E-state index contributed by atoms with van der Waals surface area (Å²) in [4.78, 5) is 29.9. The number of aromatic nitrogens is 3. The molecule has 0 saturated carbocycles. The SMILES string of the molecule is CCCCCCCCC(=O)N1CCN(C(=O)CSc2nnc(-c3cccc(OC)c3)n2-c2ccc(OC)cc2)CC1C. The van der Waals surface area contributed by atoms with Crippen molar-refractivity contribution in [2.24, 2.45) is 0 Å². The Morgan fingerprint density at radius 1 is 0.905 bits per heavy atom. The number of carbonyl (C=O) groups excluding carboxylic acids is 2. The Balaban J connectivity index is 1.39. The van der Waals surface area contributed by atoms with Crippen LogP contribution in [-0.2, 0) is 9.59 Å². The van der Waals surface area contributed by atoms with Gasteiger partial charge in [0.25, 0.3) is 0 Å². The highest BCUT2D eigenvalue weighted by molar-refractivity contribution is 7.99. The van der Waals surface area contributed by atoms with Crippen molar-refractivity contribution in [3.63, 3.8) is 0 Å². The number of carbonyl (C=O) groups is 2. The first-order valence-electron chi connectivity index (χ1n) is 14.9. The van der Waals surface area contributed by atoms with E-state index < -0.39 is 0 Å². The van der Waals surface area contributed by atoms with Gasteiger partial charge in [-0.15, -0.1) is 10.2 Å². The molecule has 1 fully saturated rings. The van der Waals surface area contributed by atoms with E-state index in [1.165, 1.54) is 37.4 Å². The van der Waals surface area contributed by atoms with Crippen molar-refractivity contribution in [3.05, 3.63) is 48.5 Å². The van der Waals surface area contributed by atoms with E-state index in [-0.39, 0.29) is 23.6 Å². The predicted octanol–water partition coefficient (Wildman–Crippen LogP) is 5.85. The number of hydrogen-bond acceptors (Lipinski definition) is 7. The van der Waals surface area contributed by atoms with Crippen LogP contribution in [0.5, 0.6) is 11.5 Å². The number of rotatable bonds is 14. The molecule has 2 heterocycles. The molecule has 0 radical (unpaired) electrons. The largest absolute Gasteiger partial charge is 0.497 e. The summed E-state index contributed by atoms with van der Waals surface area (Å²) in [5.74, 6) is 2.59. The van der Waals surface area contributed by atoms with Crippen molar-refractivity contribution in [1.82, 2.24) is 24.6 Å². The summed E-state index contributed by atoms with van der Waals surface area (Å²) in [5, 5.41) is 9.58. The standard InChI is InChI=1S/C32H43N5O4S/c1-5-6-7-8-9-10-14-29(38)36-20-19-35(22-24(36)2)30(39)23-42-32-34-33-31(25-12-11-13-28(21-25)41-4)37(32)26-15-17-27(40-3)18-16-26/h11-13,15-18,21,24H,5-10,14,19-20,22-23H2,1-4H3. The summed E-state index contributed by atoms with van der Waals surface area (Å²) in [6.45, 7) is 5.91. The topological polar surface area (TPSA) is 89.8 Å². The predicted molar refractivity (Wildman–Crippen MR) is 166 cm³/mol. The van der Waals surface area contributed by atoms with Gasteiger partial charge in [-0.25, -0.2) is 0 Å². The van der Waals surface area contributed by atoms with Crippen LogP contribution in [0.4, 0.5) is 0 Å². The summed E-state index contributed by atoms with van der Waals surface area (Å²) in [6.07, 6.45) is 7.58. The number of piperazine rings is 1. The average Bonchev–Trinajstić information content (AvgIpc) is 3.45. The molecule has 0 N–H and O–H groups in total. The third-order valence-electron chi connectivity index (χ3n) is 7.66. The average molecular weight is 594 g/mol. The summed E-state index contributed by atoms with van der Waals surface area (Å²) < 4.78 is 12.7. The van der Waals surface area contributed by atoms with Gasteiger partial charge < -0.3 is 19.3 Å². The van der Waals surface area contributed by atoms with Crippen molar-refractivity contribution in [2.45, 2.75) is 70.0 Å². The van der Waals surface area contributed by atoms with Gasteiger partial charge in [0.15, 0.2) is 11.0 Å². The fourth-order valence-electron chi connectivity index (χ4n) is 5.25. The molecule has 0 aliphatic carbocycles. The smallest absolute Gasteiger partial charge is 0.233 e. The molecule has 0 spiro atoms. The molecule has 42 heavy (non-hydrogen) atoms. The maximum Gasteiger partial charge on any atom is 0.233 e. The minimum Gasteiger partial charge on any atom is -0.497 e. The van der Waals surface area contributed by atoms with Gasteiger partial charge >= 0.3 is 0 Å². The normalized spacial score (nSPS) is 15.1. The quantitative estimate of drug-likeness (QED) is 0.171. The minimum atomic E-state index is 0.00269. The molecule has 4 rings (SSSR count). The third-order valence-corrected chi connectivity index (χ3v) is 8.58. The molecule has 10 heteroatoms. The fourth-order valence-corrected chi connectivity index (χ4v) is 6.10. The second-order valence-corrected chi connectivity index (χ2v) is 11.6. The molecule has 0 bridgehead atoms. The molecule has 1 atom stereocenters. The van der Waals surface area contributed by atoms with Crippen LogP contribution in [0.2, 0.25) is 0 Å². The van der Waals surface area contributed by atoms with Gasteiger partial charge in [0, 0.05) is 43.3 Å². The molecular weight excluding hydrogens is 550 g/mol. The van der Waals surface area contributed by atoms with E-state index in [4.69, 9.17) is 9.47 Å². The molecule has 2 aromatic carbocycles. The Morgan fingerprint density at radius 2 is 1.64 bits per heavy atom. The first-order chi connectivity index (χ1) is 20.4. The van der Waals surface area contributed by atoms with E-state index in [0.29, 0.717) is 37.0 Å². The monoisotopic (exact) mass is 593 g/mol. The minimum absolute atomic E-state index is 0.00269. The highest BCUT2D eigenvalue weighted by atomic mass is 32.2. The van der Waals surface area contributed by atoms with E-state index >= 15 is 0 Å². The molecule has 226 valence electrons. The zero-order valence-electron chi connectivity index (χ0n) is 25.3. The van der Waals surface area contributed by atoms with Crippen LogP contribution in [0, 0.1) is 0 Å². The van der Waals surface area contributed by atoms with Crippen molar-refractivity contribution in [1.29, 1.82) is 0 Å². The maximum atomic E-state index is 13.3. The number of unbranched alkanes of at least 4 members (excludes halogenated alkanes) is 5. The Labute approximate surface area is 253 Å². The highest BCUT2D eigenvalue weighted by Crippen LogP contribution is 2.31. The zero-order valence-corrected chi connectivity index (χ0v) is 26.1. The molecule has 3 aromatic rings. The summed E-state index contributed by atoms with van der Waals surface area (Å²) in [7, 11) is 3.26. The zero-order chi connectivity index (χ0) is 29.9. The first-order valence-corrected chi connectivity index (χ1v) is 15.9. The van der Waals surface area contributed by atoms with Gasteiger partial charge in [0.05, 0.1) is 20.0 Å². The van der Waals surface area contributed by atoms with Gasteiger partial charge in [-0.2, -0.15) is 0 Å². The van der Waals surface area contributed by atoms with Gasteiger partial charge in [-0.05, 0) is 49.7 Å². The van der Waals surface area contributed by atoms with E-state index in [1.54, 1.807) is 14.2 Å². The van der Waals surface area contributed by atoms with Gasteiger partial charge in [0.1, 0.15) is 11.5 Å². The van der Waals surface area contributed by atoms with Crippen molar-refractivity contribution < 1.29 is 19.1 Å². The lowest BCUT2D eigenvalue weighted by molar-refractivity contribution is -0.141. The van der Waals surface area contributed by atoms with Crippen LogP contribution in [0.3, 0.4) is 0 Å². The van der Waals surface area contributed by atoms with Crippen LogP contribution < -0.4 is 9.47 Å². The van der Waals surface area contributed by atoms with Crippen LogP contribution in [-0.4, -0.2) is 82.0 Å². The van der Waals surface area contributed by atoms with Crippen LogP contribution in [0.15, 0.2) is 53.7 Å². The summed E-state index contributed by atoms with van der Waals surface area (Å²) >= 11 is 1.36. The molecule has 1 aliphatic rings. The van der Waals surface area contributed by atoms with Crippen molar-refractivity contribution in [2.75, 3.05) is 39.6 Å². The Bertz CT molecular complexity index is 1310. The molecule has 9 nitrogen and oxygen atoms in total. The molecule has 1 unspecified atom stereocenters. The second-order valence-electron chi connectivity index (χ2n) is 10.7. The van der Waals surface area contributed by atoms with Crippen LogP contribution >= 0.6 is 11.8 Å². The lowest BCUT2D eigenvalue weighted by atomic mass is 10.1. The number of hydrogen-bond donors (Lipinski definition) is 0. The number of benzene rings is 2. The van der Waals surface area contributed by atoms with Crippen molar-refractivity contribution >= 4 is 23.6 Å². The number of amides is 2. The lowest BCUT2D eigenvalue weighted by Gasteiger charge is -2.40. The third kappa shape index (κ3) is 8.06. The summed E-state index contributed by atoms with van der Waals surface area (Å²) in [5.41, 5.74) is 1.71. The maximum absolute atomic E-state index is 13.3. The van der Waals surface area contributed by atoms with Gasteiger partial charge in [-0.3, -0.25) is 14.2 Å². The Morgan fingerprint density at radius 3 is 2.36 bits per heavy atom. The Hall–Kier alpha value is -3.53. The van der Waals surface area contributed by atoms with E-state index in [0.717, 1.165) is 35.6 Å². The number of nitrogens with zero attached hydrogens (tertiary/aromatic N) is 5. The highest BCUT2D eigenvalue weighted by Gasteiger charge is 2.29. The number of methoxy groups -OCH3 is 2. The molecule has 1 aliphatic heterocycles. The molecule has 1 saturated heterocycles. The van der Waals surface area contributed by atoms with Gasteiger partial charge in [0.2, 0.25) is 11.8 Å². The molecule has 1 aromatic heterocycles. The lowest BCUT2D eigenvalue weighted by Crippen LogP contribution is -2.55.